The number of anilines is 2. The number of aromatic nitrogens is 4. The number of hydrogen-bond acceptors (Lipinski definition) is 6. The second-order valence-electron chi connectivity index (χ2n) is 3.91. The highest BCUT2D eigenvalue weighted by atomic mass is 15.1. The molecule has 94 valence electrons. The third-order valence-corrected chi connectivity index (χ3v) is 2.63. The van der Waals surface area contributed by atoms with E-state index in [1.54, 1.807) is 6.20 Å². The highest BCUT2D eigenvalue weighted by molar-refractivity contribution is 5.54. The molecule has 6 nitrogen and oxygen atoms in total. The molecule has 3 N–H and O–H groups in total. The van der Waals surface area contributed by atoms with Crippen LogP contribution >= 0.6 is 0 Å². The van der Waals surface area contributed by atoms with Gasteiger partial charge < -0.3 is 11.1 Å². The molecule has 2 aromatic rings. The molecule has 0 spiro atoms. The first-order valence-corrected chi connectivity index (χ1v) is 5.82. The Morgan fingerprint density at radius 1 is 1.33 bits per heavy atom. The van der Waals surface area contributed by atoms with E-state index in [4.69, 9.17) is 5.73 Å². The first-order chi connectivity index (χ1) is 8.70. The minimum absolute atomic E-state index is 0.520. The molecule has 0 saturated heterocycles. The number of rotatable bonds is 4. The number of hydrogen-bond donors (Lipinski definition) is 2. The van der Waals surface area contributed by atoms with Gasteiger partial charge in [0.2, 0.25) is 0 Å². The van der Waals surface area contributed by atoms with Gasteiger partial charge >= 0.3 is 0 Å². The van der Waals surface area contributed by atoms with Gasteiger partial charge in [-0.1, -0.05) is 6.92 Å². The molecule has 0 aliphatic rings. The lowest BCUT2D eigenvalue weighted by molar-refractivity contribution is 0.920. The average Bonchev–Trinajstić information content (AvgIpc) is 2.41. The van der Waals surface area contributed by atoms with Crippen LogP contribution in [0.2, 0.25) is 0 Å². The summed E-state index contributed by atoms with van der Waals surface area (Å²) in [6.07, 6.45) is 3.99. The summed E-state index contributed by atoms with van der Waals surface area (Å²) in [5.74, 6) is 2.02. The summed E-state index contributed by atoms with van der Waals surface area (Å²) in [6, 6.07) is 1.85. The maximum atomic E-state index is 5.85. The van der Waals surface area contributed by atoms with Crippen molar-refractivity contribution in [1.82, 2.24) is 19.9 Å². The quantitative estimate of drug-likeness (QED) is 0.843. The molecule has 0 fully saturated rings. The molecule has 2 heterocycles. The van der Waals surface area contributed by atoms with Crippen molar-refractivity contribution in [2.24, 2.45) is 0 Å². The zero-order valence-electron chi connectivity index (χ0n) is 10.5. The molecule has 2 rings (SSSR count). The van der Waals surface area contributed by atoms with E-state index in [-0.39, 0.29) is 0 Å². The predicted molar refractivity (Wildman–Crippen MR) is 69.9 cm³/mol. The minimum Gasteiger partial charge on any atom is -0.383 e. The third-order valence-electron chi connectivity index (χ3n) is 2.63. The lowest BCUT2D eigenvalue weighted by Crippen LogP contribution is -2.10. The van der Waals surface area contributed by atoms with Gasteiger partial charge in [0.05, 0.1) is 12.2 Å². The van der Waals surface area contributed by atoms with E-state index in [0.29, 0.717) is 12.4 Å². The maximum absolute atomic E-state index is 5.85. The van der Waals surface area contributed by atoms with Crippen molar-refractivity contribution in [3.05, 3.63) is 35.7 Å². The summed E-state index contributed by atoms with van der Waals surface area (Å²) in [5, 5.41) is 3.22. The van der Waals surface area contributed by atoms with Crippen LogP contribution in [0.4, 0.5) is 11.6 Å². The van der Waals surface area contributed by atoms with Crippen LogP contribution in [0, 0.1) is 6.92 Å². The summed E-state index contributed by atoms with van der Waals surface area (Å²) >= 11 is 0. The number of nitrogens with one attached hydrogen (secondary N) is 1. The topological polar surface area (TPSA) is 89.6 Å². The average molecular weight is 244 g/mol. The second-order valence-corrected chi connectivity index (χ2v) is 3.91. The number of nitrogens with two attached hydrogens (primary N) is 1. The van der Waals surface area contributed by atoms with Gasteiger partial charge in [0.15, 0.2) is 0 Å². The third kappa shape index (κ3) is 2.71. The number of nitrogen functional groups attached to an aromatic ring is 1. The SMILES string of the molecule is CCc1nc(N)c(C)c(NCc2ccncn2)n1. The fourth-order valence-electron chi connectivity index (χ4n) is 1.51. The van der Waals surface area contributed by atoms with E-state index in [1.807, 2.05) is 19.9 Å². The van der Waals surface area contributed by atoms with Crippen LogP contribution < -0.4 is 11.1 Å². The Bertz CT molecular complexity index is 526. The summed E-state index contributed by atoms with van der Waals surface area (Å²) in [5.41, 5.74) is 7.61. The van der Waals surface area contributed by atoms with Crippen LogP contribution in [0.3, 0.4) is 0 Å². The van der Waals surface area contributed by atoms with E-state index in [0.717, 1.165) is 29.3 Å². The van der Waals surface area contributed by atoms with E-state index in [9.17, 15) is 0 Å². The Labute approximate surface area is 106 Å². The standard InChI is InChI=1S/C12H16N6/c1-3-10-17-11(13)8(2)12(18-10)15-6-9-4-5-14-7-16-9/h4-5,7H,3,6H2,1-2H3,(H3,13,15,17,18). The molecule has 0 aromatic carbocycles. The van der Waals surface area contributed by atoms with Crippen LogP contribution in [-0.2, 0) is 13.0 Å². The smallest absolute Gasteiger partial charge is 0.135 e. The molecule has 0 aliphatic carbocycles. The molecule has 2 aromatic heterocycles. The van der Waals surface area contributed by atoms with Gasteiger partial charge in [0, 0.05) is 18.2 Å². The summed E-state index contributed by atoms with van der Waals surface area (Å²) < 4.78 is 0. The predicted octanol–water partition coefficient (Wildman–Crippen LogP) is 1.33. The molecule has 0 radical (unpaired) electrons. The van der Waals surface area contributed by atoms with Gasteiger partial charge in [-0.05, 0) is 13.0 Å². The Morgan fingerprint density at radius 2 is 2.17 bits per heavy atom. The molecule has 0 saturated carbocycles. The fraction of sp³-hybridized carbons (Fsp3) is 0.333. The largest absolute Gasteiger partial charge is 0.383 e. The molecular weight excluding hydrogens is 228 g/mol. The van der Waals surface area contributed by atoms with E-state index in [1.165, 1.54) is 6.33 Å². The van der Waals surface area contributed by atoms with Gasteiger partial charge in [-0.25, -0.2) is 19.9 Å². The van der Waals surface area contributed by atoms with Crippen LogP contribution in [0.25, 0.3) is 0 Å². The lowest BCUT2D eigenvalue weighted by atomic mass is 10.3. The van der Waals surface area contributed by atoms with E-state index in [2.05, 4.69) is 25.3 Å². The highest BCUT2D eigenvalue weighted by Gasteiger charge is 2.07. The van der Waals surface area contributed by atoms with Gasteiger partial charge in [-0.2, -0.15) is 0 Å². The lowest BCUT2D eigenvalue weighted by Gasteiger charge is -2.11. The zero-order chi connectivity index (χ0) is 13.0. The second kappa shape index (κ2) is 5.39. The molecule has 0 bridgehead atoms. The molecule has 0 amide bonds. The van der Waals surface area contributed by atoms with Crippen LogP contribution in [0.1, 0.15) is 24.0 Å². The summed E-state index contributed by atoms with van der Waals surface area (Å²) in [7, 11) is 0. The Morgan fingerprint density at radius 3 is 2.83 bits per heavy atom. The van der Waals surface area contributed by atoms with Gasteiger partial charge in [0.25, 0.3) is 0 Å². The van der Waals surface area contributed by atoms with Crippen molar-refractivity contribution in [1.29, 1.82) is 0 Å². The zero-order valence-corrected chi connectivity index (χ0v) is 10.5. The fourth-order valence-corrected chi connectivity index (χ4v) is 1.51. The summed E-state index contributed by atoms with van der Waals surface area (Å²) in [6.45, 7) is 4.48. The molecule has 0 aliphatic heterocycles. The first-order valence-electron chi connectivity index (χ1n) is 5.82. The van der Waals surface area contributed by atoms with Gasteiger partial charge in [-0.15, -0.1) is 0 Å². The first kappa shape index (κ1) is 12.2. The van der Waals surface area contributed by atoms with Gasteiger partial charge in [-0.3, -0.25) is 0 Å². The number of aryl methyl sites for hydroxylation is 1. The number of nitrogens with zero attached hydrogens (tertiary/aromatic N) is 4. The van der Waals surface area contributed by atoms with Gasteiger partial charge in [0.1, 0.15) is 23.8 Å². The Balaban J connectivity index is 2.16. The maximum Gasteiger partial charge on any atom is 0.135 e. The van der Waals surface area contributed by atoms with Crippen molar-refractivity contribution in [2.45, 2.75) is 26.8 Å². The monoisotopic (exact) mass is 244 g/mol. The van der Waals surface area contributed by atoms with E-state index < -0.39 is 0 Å². The van der Waals surface area contributed by atoms with Crippen molar-refractivity contribution >= 4 is 11.6 Å². The molecule has 0 unspecified atom stereocenters. The van der Waals surface area contributed by atoms with Crippen molar-refractivity contribution in [3.8, 4) is 0 Å². The molecular formula is C12H16N6. The van der Waals surface area contributed by atoms with Crippen molar-refractivity contribution < 1.29 is 0 Å². The van der Waals surface area contributed by atoms with Crippen molar-refractivity contribution in [3.63, 3.8) is 0 Å². The van der Waals surface area contributed by atoms with E-state index >= 15 is 0 Å². The van der Waals surface area contributed by atoms with Crippen LogP contribution in [0.5, 0.6) is 0 Å². The normalized spacial score (nSPS) is 10.3. The molecule has 0 atom stereocenters. The molecule has 18 heavy (non-hydrogen) atoms. The Hall–Kier alpha value is -2.24. The molecule has 6 heteroatoms. The summed E-state index contributed by atoms with van der Waals surface area (Å²) in [4.78, 5) is 16.6. The highest BCUT2D eigenvalue weighted by Crippen LogP contribution is 2.17. The van der Waals surface area contributed by atoms with Crippen LogP contribution in [0.15, 0.2) is 18.6 Å². The minimum atomic E-state index is 0.520. The van der Waals surface area contributed by atoms with Crippen LogP contribution in [-0.4, -0.2) is 19.9 Å². The Kier molecular flexibility index (Phi) is 3.66. The van der Waals surface area contributed by atoms with Crippen molar-refractivity contribution in [2.75, 3.05) is 11.1 Å².